The van der Waals surface area contributed by atoms with Gasteiger partial charge in [-0.2, -0.15) is 0 Å². The molecule has 0 saturated carbocycles. The Morgan fingerprint density at radius 1 is 1.08 bits per heavy atom. The van der Waals surface area contributed by atoms with Crippen LogP contribution in [0.25, 0.3) is 0 Å². The summed E-state index contributed by atoms with van der Waals surface area (Å²) in [6.45, 7) is 2.38. The molecular formula is C18H26N2O5. The number of likely N-dealkylation sites (N-methyl/N-ethyl adjacent to an activating group) is 1. The van der Waals surface area contributed by atoms with Crippen molar-refractivity contribution >= 4 is 17.6 Å². The number of ether oxygens (including phenoxy) is 1. The van der Waals surface area contributed by atoms with Gasteiger partial charge in [0.15, 0.2) is 0 Å². The molecule has 0 N–H and O–H groups in total. The summed E-state index contributed by atoms with van der Waals surface area (Å²) in [5, 5.41) is 10.6. The molecular weight excluding hydrogens is 324 g/mol. The van der Waals surface area contributed by atoms with Gasteiger partial charge in [0.2, 0.25) is 0 Å². The Morgan fingerprint density at radius 3 is 2.28 bits per heavy atom. The Bertz CT molecular complexity index is 571. The van der Waals surface area contributed by atoms with E-state index in [4.69, 9.17) is 4.74 Å². The van der Waals surface area contributed by atoms with Crippen molar-refractivity contribution in [2.75, 3.05) is 20.2 Å². The molecule has 0 fully saturated rings. The highest BCUT2D eigenvalue weighted by atomic mass is 16.6. The van der Waals surface area contributed by atoms with Crippen molar-refractivity contribution in [1.29, 1.82) is 0 Å². The lowest BCUT2D eigenvalue weighted by molar-refractivity contribution is -0.384. The first-order valence-electron chi connectivity index (χ1n) is 8.61. The van der Waals surface area contributed by atoms with Crippen LogP contribution in [0, 0.1) is 10.1 Å². The van der Waals surface area contributed by atoms with E-state index in [-0.39, 0.29) is 23.7 Å². The van der Waals surface area contributed by atoms with E-state index >= 15 is 0 Å². The molecule has 0 aliphatic carbocycles. The van der Waals surface area contributed by atoms with Crippen LogP contribution in [0.15, 0.2) is 24.3 Å². The summed E-state index contributed by atoms with van der Waals surface area (Å²) in [6, 6.07) is 5.27. The minimum absolute atomic E-state index is 0.0856. The Labute approximate surface area is 148 Å². The predicted octanol–water partition coefficient (Wildman–Crippen LogP) is 3.57. The standard InChI is InChI=1S/C18H26N2O5/c1-3-4-5-6-7-8-13-25-17(21)14-19(2)18(22)15-9-11-16(12-10-15)20(23)24/h9-12H,3-8,13-14H2,1-2H3. The van der Waals surface area contributed by atoms with Gasteiger partial charge < -0.3 is 9.64 Å². The summed E-state index contributed by atoms with van der Waals surface area (Å²) in [6.07, 6.45) is 6.64. The molecule has 0 saturated heterocycles. The quantitative estimate of drug-likeness (QED) is 0.263. The fourth-order valence-corrected chi connectivity index (χ4v) is 2.33. The van der Waals surface area contributed by atoms with Gasteiger partial charge in [-0.25, -0.2) is 0 Å². The average molecular weight is 350 g/mol. The lowest BCUT2D eigenvalue weighted by atomic mass is 10.1. The molecule has 0 unspecified atom stereocenters. The molecule has 0 aliphatic heterocycles. The number of hydrogen-bond acceptors (Lipinski definition) is 5. The third-order valence-electron chi connectivity index (χ3n) is 3.80. The zero-order valence-electron chi connectivity index (χ0n) is 14.9. The maximum absolute atomic E-state index is 12.2. The van der Waals surface area contributed by atoms with Gasteiger partial charge in [-0.05, 0) is 18.6 Å². The zero-order chi connectivity index (χ0) is 18.7. The maximum atomic E-state index is 12.2. The van der Waals surface area contributed by atoms with Gasteiger partial charge in [-0.3, -0.25) is 19.7 Å². The van der Waals surface area contributed by atoms with Gasteiger partial charge in [-0.1, -0.05) is 39.0 Å². The number of hydrogen-bond donors (Lipinski definition) is 0. The van der Waals surface area contributed by atoms with Gasteiger partial charge in [0.05, 0.1) is 11.5 Å². The number of non-ortho nitro benzene ring substituents is 1. The van der Waals surface area contributed by atoms with Crippen molar-refractivity contribution < 1.29 is 19.2 Å². The number of rotatable bonds is 11. The summed E-state index contributed by atoms with van der Waals surface area (Å²) in [7, 11) is 1.50. The molecule has 0 aliphatic rings. The molecule has 1 rings (SSSR count). The van der Waals surface area contributed by atoms with Crippen LogP contribution in [0.3, 0.4) is 0 Å². The second-order valence-electron chi connectivity index (χ2n) is 5.95. The molecule has 0 aromatic heterocycles. The number of carbonyl (C=O) groups is 2. The van der Waals surface area contributed by atoms with Crippen LogP contribution in [-0.4, -0.2) is 41.9 Å². The molecule has 0 bridgehead atoms. The molecule has 1 amide bonds. The van der Waals surface area contributed by atoms with Gasteiger partial charge in [0.1, 0.15) is 6.54 Å². The fourth-order valence-electron chi connectivity index (χ4n) is 2.33. The van der Waals surface area contributed by atoms with Crippen molar-refractivity contribution in [1.82, 2.24) is 4.90 Å². The van der Waals surface area contributed by atoms with Crippen LogP contribution in [0.1, 0.15) is 55.8 Å². The van der Waals surface area contributed by atoms with Gasteiger partial charge in [0, 0.05) is 24.7 Å². The van der Waals surface area contributed by atoms with E-state index in [1.54, 1.807) is 0 Å². The number of benzene rings is 1. The molecule has 1 aromatic rings. The lowest BCUT2D eigenvalue weighted by Crippen LogP contribution is -2.33. The number of amides is 1. The number of nitro groups is 1. The highest BCUT2D eigenvalue weighted by molar-refractivity contribution is 5.95. The van der Waals surface area contributed by atoms with E-state index in [0.29, 0.717) is 6.61 Å². The van der Waals surface area contributed by atoms with Crippen LogP contribution in [0.5, 0.6) is 0 Å². The van der Waals surface area contributed by atoms with Crippen LogP contribution >= 0.6 is 0 Å². The van der Waals surface area contributed by atoms with Crippen molar-refractivity contribution in [3.63, 3.8) is 0 Å². The highest BCUT2D eigenvalue weighted by Crippen LogP contribution is 2.13. The molecule has 25 heavy (non-hydrogen) atoms. The molecule has 0 spiro atoms. The van der Waals surface area contributed by atoms with Crippen molar-refractivity contribution in [2.45, 2.75) is 45.4 Å². The summed E-state index contributed by atoms with van der Waals surface area (Å²) < 4.78 is 5.13. The second-order valence-corrected chi connectivity index (χ2v) is 5.95. The zero-order valence-corrected chi connectivity index (χ0v) is 14.9. The number of nitro benzene ring substituents is 1. The van der Waals surface area contributed by atoms with Crippen LogP contribution in [0.2, 0.25) is 0 Å². The monoisotopic (exact) mass is 350 g/mol. The Balaban J connectivity index is 2.31. The average Bonchev–Trinajstić information content (AvgIpc) is 2.60. The Kier molecular flexibility index (Phi) is 9.21. The van der Waals surface area contributed by atoms with Gasteiger partial charge in [0.25, 0.3) is 11.6 Å². The number of nitrogens with zero attached hydrogens (tertiary/aromatic N) is 2. The first kappa shape index (κ1) is 20.6. The second kappa shape index (κ2) is 11.2. The number of unbranched alkanes of at least 4 members (excludes halogenated alkanes) is 5. The third-order valence-corrected chi connectivity index (χ3v) is 3.80. The predicted molar refractivity (Wildman–Crippen MR) is 94.4 cm³/mol. The van der Waals surface area contributed by atoms with Crippen LogP contribution < -0.4 is 0 Å². The highest BCUT2D eigenvalue weighted by Gasteiger charge is 2.16. The minimum atomic E-state index is -0.530. The van der Waals surface area contributed by atoms with E-state index in [1.165, 1.54) is 55.5 Å². The van der Waals surface area contributed by atoms with Crippen molar-refractivity contribution in [3.8, 4) is 0 Å². The van der Waals surface area contributed by atoms with E-state index in [0.717, 1.165) is 19.3 Å². The largest absolute Gasteiger partial charge is 0.464 e. The van der Waals surface area contributed by atoms with Crippen molar-refractivity contribution in [2.24, 2.45) is 0 Å². The van der Waals surface area contributed by atoms with E-state index in [9.17, 15) is 19.7 Å². The summed E-state index contributed by atoms with van der Waals surface area (Å²) >= 11 is 0. The van der Waals surface area contributed by atoms with Crippen molar-refractivity contribution in [3.05, 3.63) is 39.9 Å². The SMILES string of the molecule is CCCCCCCCOC(=O)CN(C)C(=O)c1ccc([N+](=O)[O-])cc1. The summed E-state index contributed by atoms with van der Waals surface area (Å²) in [4.78, 5) is 35.3. The molecule has 7 heteroatoms. The Morgan fingerprint density at radius 2 is 1.68 bits per heavy atom. The maximum Gasteiger partial charge on any atom is 0.325 e. The summed E-state index contributed by atoms with van der Waals surface area (Å²) in [5.74, 6) is -0.835. The lowest BCUT2D eigenvalue weighted by Gasteiger charge is -2.16. The van der Waals surface area contributed by atoms with E-state index in [1.807, 2.05) is 0 Å². The first-order chi connectivity index (χ1) is 12.0. The topological polar surface area (TPSA) is 89.8 Å². The first-order valence-corrected chi connectivity index (χ1v) is 8.61. The molecule has 7 nitrogen and oxygen atoms in total. The van der Waals surface area contributed by atoms with E-state index in [2.05, 4.69) is 6.92 Å². The summed E-state index contributed by atoms with van der Waals surface area (Å²) in [5.41, 5.74) is 0.203. The molecule has 1 aromatic carbocycles. The van der Waals surface area contributed by atoms with Crippen LogP contribution in [-0.2, 0) is 9.53 Å². The van der Waals surface area contributed by atoms with Gasteiger partial charge >= 0.3 is 5.97 Å². The molecule has 0 atom stereocenters. The van der Waals surface area contributed by atoms with Crippen LogP contribution in [0.4, 0.5) is 5.69 Å². The normalized spacial score (nSPS) is 10.3. The fraction of sp³-hybridized carbons (Fsp3) is 0.556. The van der Waals surface area contributed by atoms with E-state index < -0.39 is 10.9 Å². The number of carbonyl (C=O) groups excluding carboxylic acids is 2. The smallest absolute Gasteiger partial charge is 0.325 e. The molecule has 138 valence electrons. The van der Waals surface area contributed by atoms with Gasteiger partial charge in [-0.15, -0.1) is 0 Å². The molecule has 0 radical (unpaired) electrons. The number of esters is 1. The molecule has 0 heterocycles. The Hall–Kier alpha value is -2.44. The third kappa shape index (κ3) is 7.78. The minimum Gasteiger partial charge on any atom is -0.464 e.